The second-order valence-corrected chi connectivity index (χ2v) is 3.81. The Bertz CT molecular complexity index is 200. The van der Waals surface area contributed by atoms with Crippen LogP contribution in [0.1, 0.15) is 26.7 Å². The summed E-state index contributed by atoms with van der Waals surface area (Å²) in [6.07, 6.45) is -0.659. The van der Waals surface area contributed by atoms with E-state index in [1.54, 1.807) is 0 Å². The van der Waals surface area contributed by atoms with Crippen LogP contribution < -0.4 is 5.48 Å². The minimum atomic E-state index is -1.02. The van der Waals surface area contributed by atoms with Crippen molar-refractivity contribution in [2.45, 2.75) is 38.5 Å². The van der Waals surface area contributed by atoms with Gasteiger partial charge in [0.1, 0.15) is 6.10 Å². The van der Waals surface area contributed by atoms with Crippen LogP contribution in [0.25, 0.3) is 0 Å². The Labute approximate surface area is 76.7 Å². The third-order valence-electron chi connectivity index (χ3n) is 1.98. The first-order valence-corrected chi connectivity index (χ1v) is 4.31. The molecule has 1 rings (SSSR count). The van der Waals surface area contributed by atoms with Gasteiger partial charge in [0.2, 0.25) is 0 Å². The third-order valence-corrected chi connectivity index (χ3v) is 1.98. The molecule has 0 aromatic heterocycles. The fourth-order valence-corrected chi connectivity index (χ4v) is 1.36. The lowest BCUT2D eigenvalue weighted by Gasteiger charge is -2.16. The molecule has 0 aromatic rings. The fraction of sp³-hybridized carbons (Fsp3) is 0.875. The Balaban J connectivity index is 2.44. The summed E-state index contributed by atoms with van der Waals surface area (Å²) in [7, 11) is 0. The molecule has 0 unspecified atom stereocenters. The number of carboxylic acids is 1. The van der Waals surface area contributed by atoms with Crippen molar-refractivity contribution in [3.05, 3.63) is 0 Å². The highest BCUT2D eigenvalue weighted by Crippen LogP contribution is 2.32. The van der Waals surface area contributed by atoms with E-state index < -0.39 is 17.8 Å². The van der Waals surface area contributed by atoms with E-state index in [-0.39, 0.29) is 6.42 Å². The summed E-state index contributed by atoms with van der Waals surface area (Å²) in [6, 6.07) is 0. The average Bonchev–Trinajstić information content (AvgIpc) is 2.66. The Kier molecular flexibility index (Phi) is 2.90. The number of aliphatic hydroxyl groups is 1. The normalized spacial score (nSPS) is 28.9. The van der Waals surface area contributed by atoms with E-state index in [1.165, 1.54) is 0 Å². The minimum Gasteiger partial charge on any atom is -0.481 e. The van der Waals surface area contributed by atoms with Crippen LogP contribution in [0.15, 0.2) is 0 Å². The second-order valence-electron chi connectivity index (χ2n) is 3.81. The van der Waals surface area contributed by atoms with Crippen molar-refractivity contribution in [2.24, 2.45) is 5.92 Å². The largest absolute Gasteiger partial charge is 0.481 e. The van der Waals surface area contributed by atoms with Gasteiger partial charge in [-0.3, -0.25) is 9.63 Å². The van der Waals surface area contributed by atoms with Gasteiger partial charge in [0.05, 0.1) is 6.42 Å². The van der Waals surface area contributed by atoms with Crippen LogP contribution >= 0.6 is 0 Å². The molecule has 1 fully saturated rings. The molecule has 1 aliphatic rings. The average molecular weight is 189 g/mol. The highest BCUT2D eigenvalue weighted by Gasteiger charge is 2.52. The quantitative estimate of drug-likeness (QED) is 0.533. The Morgan fingerprint density at radius 2 is 2.15 bits per heavy atom. The zero-order valence-electron chi connectivity index (χ0n) is 7.78. The molecule has 0 saturated carbocycles. The first-order valence-electron chi connectivity index (χ1n) is 4.31. The molecule has 1 heterocycles. The van der Waals surface area contributed by atoms with Crippen molar-refractivity contribution in [1.29, 1.82) is 0 Å². The molecule has 0 radical (unpaired) electrons. The molecule has 1 saturated heterocycles. The van der Waals surface area contributed by atoms with E-state index in [2.05, 4.69) is 5.48 Å². The van der Waals surface area contributed by atoms with Gasteiger partial charge in [-0.15, -0.1) is 0 Å². The Hall–Kier alpha value is -0.650. The molecular formula is C8H15NO4. The summed E-state index contributed by atoms with van der Waals surface area (Å²) >= 11 is 0. The topological polar surface area (TPSA) is 92.0 Å². The van der Waals surface area contributed by atoms with Crippen molar-refractivity contribution in [3.8, 4) is 0 Å². The smallest absolute Gasteiger partial charge is 0.306 e. The van der Waals surface area contributed by atoms with E-state index in [0.717, 1.165) is 0 Å². The molecule has 13 heavy (non-hydrogen) atoms. The molecule has 3 N–H and O–H groups in total. The molecule has 0 bridgehead atoms. The third kappa shape index (κ3) is 2.65. The number of aliphatic carboxylic acids is 1. The van der Waals surface area contributed by atoms with Crippen LogP contribution in [0.5, 0.6) is 0 Å². The van der Waals surface area contributed by atoms with Crippen LogP contribution in [0.4, 0.5) is 0 Å². The van der Waals surface area contributed by atoms with Gasteiger partial charge in [0, 0.05) is 0 Å². The molecule has 5 nitrogen and oxygen atoms in total. The number of nitrogens with one attached hydrogen (secondary N) is 1. The molecule has 2 atom stereocenters. The van der Waals surface area contributed by atoms with E-state index in [0.29, 0.717) is 12.3 Å². The van der Waals surface area contributed by atoms with Gasteiger partial charge in [-0.05, 0) is 12.3 Å². The maximum atomic E-state index is 10.3. The summed E-state index contributed by atoms with van der Waals surface area (Å²) < 4.78 is 0. The minimum absolute atomic E-state index is 0.292. The molecular weight excluding hydrogens is 174 g/mol. The Morgan fingerprint density at radius 3 is 2.46 bits per heavy atom. The summed E-state index contributed by atoms with van der Waals surface area (Å²) in [5, 5.41) is 18.0. The summed E-state index contributed by atoms with van der Waals surface area (Å²) in [5.41, 5.74) is 1.76. The van der Waals surface area contributed by atoms with E-state index in [1.807, 2.05) is 13.8 Å². The standard InChI is InChI=1S/C8H15NO4/c1-5(2)4-8(9-13-8)6(10)3-7(11)12/h5-6,9-10H,3-4H2,1-2H3,(H,11,12)/t6-,8+/m0/s1. The number of hydrogen-bond donors (Lipinski definition) is 3. The number of aliphatic hydroxyl groups excluding tert-OH is 1. The van der Waals surface area contributed by atoms with Crippen LogP contribution in [0.2, 0.25) is 0 Å². The van der Waals surface area contributed by atoms with E-state index in [9.17, 15) is 9.90 Å². The van der Waals surface area contributed by atoms with Gasteiger partial charge < -0.3 is 10.2 Å². The monoisotopic (exact) mass is 189 g/mol. The lowest BCUT2D eigenvalue weighted by Crippen LogP contribution is -2.35. The van der Waals surface area contributed by atoms with Gasteiger partial charge in [0.25, 0.3) is 0 Å². The predicted octanol–water partition coefficient (Wildman–Crippen LogP) is 0.0992. The summed E-state index contributed by atoms with van der Waals surface area (Å²) in [5.74, 6) is -0.675. The zero-order chi connectivity index (χ0) is 10.1. The molecule has 0 amide bonds. The lowest BCUT2D eigenvalue weighted by atomic mass is 9.96. The summed E-state index contributed by atoms with van der Waals surface area (Å²) in [4.78, 5) is 15.2. The SMILES string of the molecule is CC(C)C[C@@]1([C@@H](O)CC(=O)O)NO1. The molecule has 76 valence electrons. The van der Waals surface area contributed by atoms with Gasteiger partial charge in [-0.25, -0.2) is 0 Å². The van der Waals surface area contributed by atoms with E-state index in [4.69, 9.17) is 9.94 Å². The fourth-order valence-electron chi connectivity index (χ4n) is 1.36. The molecule has 0 aliphatic carbocycles. The maximum Gasteiger partial charge on any atom is 0.306 e. The van der Waals surface area contributed by atoms with Crippen LogP contribution in [-0.4, -0.2) is 28.0 Å². The van der Waals surface area contributed by atoms with Crippen molar-refractivity contribution in [1.82, 2.24) is 5.48 Å². The number of carbonyl (C=O) groups is 1. The predicted molar refractivity (Wildman–Crippen MR) is 44.7 cm³/mol. The highest BCUT2D eigenvalue weighted by atomic mass is 16.8. The number of hydroxylamine groups is 1. The molecule has 0 spiro atoms. The van der Waals surface area contributed by atoms with Crippen molar-refractivity contribution in [2.75, 3.05) is 0 Å². The lowest BCUT2D eigenvalue weighted by molar-refractivity contribution is -0.140. The van der Waals surface area contributed by atoms with Crippen LogP contribution in [-0.2, 0) is 9.63 Å². The Morgan fingerprint density at radius 1 is 1.62 bits per heavy atom. The first-order chi connectivity index (χ1) is 5.96. The van der Waals surface area contributed by atoms with Gasteiger partial charge >= 0.3 is 5.97 Å². The van der Waals surface area contributed by atoms with Crippen molar-refractivity contribution >= 4 is 5.97 Å². The molecule has 1 aliphatic heterocycles. The van der Waals surface area contributed by atoms with Gasteiger partial charge in [0.15, 0.2) is 5.72 Å². The molecule has 5 heteroatoms. The first kappa shape index (κ1) is 10.4. The van der Waals surface area contributed by atoms with Gasteiger partial charge in [-0.2, -0.15) is 5.48 Å². The number of hydrogen-bond acceptors (Lipinski definition) is 4. The highest BCUT2D eigenvalue weighted by molar-refractivity contribution is 5.67. The van der Waals surface area contributed by atoms with Crippen LogP contribution in [0.3, 0.4) is 0 Å². The second kappa shape index (κ2) is 3.61. The van der Waals surface area contributed by atoms with E-state index >= 15 is 0 Å². The van der Waals surface area contributed by atoms with Crippen LogP contribution in [0, 0.1) is 5.92 Å². The van der Waals surface area contributed by atoms with Crippen molar-refractivity contribution < 1.29 is 19.8 Å². The number of rotatable bonds is 5. The van der Waals surface area contributed by atoms with Crippen molar-refractivity contribution in [3.63, 3.8) is 0 Å². The zero-order valence-corrected chi connectivity index (χ0v) is 7.78. The summed E-state index contributed by atoms with van der Waals surface area (Å²) in [6.45, 7) is 3.97. The number of carboxylic acid groups (broad SMARTS) is 1. The molecule has 0 aromatic carbocycles. The van der Waals surface area contributed by atoms with Gasteiger partial charge in [-0.1, -0.05) is 13.8 Å². The maximum absolute atomic E-state index is 10.3.